The molecule has 1 aromatic heterocycles. The van der Waals surface area contributed by atoms with Crippen LogP contribution in [-0.2, 0) is 0 Å². The molecule has 1 atom stereocenters. The first-order valence-electron chi connectivity index (χ1n) is 5.17. The van der Waals surface area contributed by atoms with Crippen molar-refractivity contribution in [3.63, 3.8) is 0 Å². The topological polar surface area (TPSA) is 36.4 Å². The van der Waals surface area contributed by atoms with E-state index >= 15 is 0 Å². The predicted octanol–water partition coefficient (Wildman–Crippen LogP) is 1.29. The lowest BCUT2D eigenvalue weighted by molar-refractivity contribution is 0.263. The number of pyridine rings is 1. The molecule has 2 rings (SSSR count). The highest BCUT2D eigenvalue weighted by Gasteiger charge is 2.22. The van der Waals surface area contributed by atoms with Crippen molar-refractivity contribution >= 4 is 5.82 Å². The Morgan fingerprint density at radius 3 is 3.14 bits per heavy atom. The van der Waals surface area contributed by atoms with Crippen molar-refractivity contribution < 1.29 is 5.11 Å². The standard InChI is InChI=1S/C11H16N2O/c14-8-5-10-4-7-13(9-10)11-3-1-2-6-12-11/h1-3,6,10,14H,4-5,7-9H2/t10-/m1/s1. The van der Waals surface area contributed by atoms with Gasteiger partial charge in [0.1, 0.15) is 5.82 Å². The molecule has 2 heterocycles. The van der Waals surface area contributed by atoms with Crippen LogP contribution >= 0.6 is 0 Å². The third-order valence-electron chi connectivity index (χ3n) is 2.80. The second-order valence-corrected chi connectivity index (χ2v) is 3.80. The maximum Gasteiger partial charge on any atom is 0.128 e. The van der Waals surface area contributed by atoms with Gasteiger partial charge in [0.15, 0.2) is 0 Å². The lowest BCUT2D eigenvalue weighted by Crippen LogP contribution is -2.20. The smallest absolute Gasteiger partial charge is 0.128 e. The summed E-state index contributed by atoms with van der Waals surface area (Å²) >= 11 is 0. The maximum absolute atomic E-state index is 8.85. The van der Waals surface area contributed by atoms with Crippen molar-refractivity contribution in [1.82, 2.24) is 4.98 Å². The monoisotopic (exact) mass is 192 g/mol. The molecule has 1 aliphatic rings. The van der Waals surface area contributed by atoms with E-state index in [2.05, 4.69) is 9.88 Å². The van der Waals surface area contributed by atoms with Crippen molar-refractivity contribution in [2.24, 2.45) is 5.92 Å². The van der Waals surface area contributed by atoms with Crippen LogP contribution < -0.4 is 4.90 Å². The molecule has 14 heavy (non-hydrogen) atoms. The van der Waals surface area contributed by atoms with Crippen molar-refractivity contribution in [1.29, 1.82) is 0 Å². The van der Waals surface area contributed by atoms with E-state index in [1.807, 2.05) is 24.4 Å². The van der Waals surface area contributed by atoms with E-state index < -0.39 is 0 Å². The van der Waals surface area contributed by atoms with Crippen molar-refractivity contribution in [2.75, 3.05) is 24.6 Å². The van der Waals surface area contributed by atoms with Gasteiger partial charge in [-0.2, -0.15) is 0 Å². The summed E-state index contributed by atoms with van der Waals surface area (Å²) in [6.45, 7) is 2.42. The maximum atomic E-state index is 8.85. The summed E-state index contributed by atoms with van der Waals surface area (Å²) in [4.78, 5) is 6.61. The zero-order valence-electron chi connectivity index (χ0n) is 8.26. The average molecular weight is 192 g/mol. The third kappa shape index (κ3) is 2.04. The minimum Gasteiger partial charge on any atom is -0.396 e. The van der Waals surface area contributed by atoms with Gasteiger partial charge < -0.3 is 10.0 Å². The molecule has 1 saturated heterocycles. The average Bonchev–Trinajstić information content (AvgIpc) is 2.68. The van der Waals surface area contributed by atoms with Crippen molar-refractivity contribution in [2.45, 2.75) is 12.8 Å². The van der Waals surface area contributed by atoms with Crippen LogP contribution in [0.5, 0.6) is 0 Å². The SMILES string of the molecule is OCC[C@H]1CCN(c2ccccn2)C1. The second-order valence-electron chi connectivity index (χ2n) is 3.80. The highest BCUT2D eigenvalue weighted by atomic mass is 16.3. The number of hydrogen-bond donors (Lipinski definition) is 1. The molecule has 0 amide bonds. The Bertz CT molecular complexity index is 276. The van der Waals surface area contributed by atoms with Crippen LogP contribution in [0.3, 0.4) is 0 Å². The van der Waals surface area contributed by atoms with E-state index in [9.17, 15) is 0 Å². The fraction of sp³-hybridized carbons (Fsp3) is 0.545. The van der Waals surface area contributed by atoms with Gasteiger partial charge in [-0.25, -0.2) is 4.98 Å². The number of anilines is 1. The van der Waals surface area contributed by atoms with Gasteiger partial charge in [0.2, 0.25) is 0 Å². The van der Waals surface area contributed by atoms with Gasteiger partial charge in [-0.15, -0.1) is 0 Å². The highest BCUT2D eigenvalue weighted by molar-refractivity contribution is 5.38. The Kier molecular flexibility index (Phi) is 2.99. The molecule has 0 aliphatic carbocycles. The van der Waals surface area contributed by atoms with Crippen molar-refractivity contribution in [3.05, 3.63) is 24.4 Å². The molecule has 1 fully saturated rings. The Morgan fingerprint density at radius 1 is 1.50 bits per heavy atom. The van der Waals surface area contributed by atoms with Gasteiger partial charge in [-0.1, -0.05) is 6.07 Å². The largest absolute Gasteiger partial charge is 0.396 e. The number of aliphatic hydroxyl groups excluding tert-OH is 1. The first-order chi connectivity index (χ1) is 6.90. The third-order valence-corrected chi connectivity index (χ3v) is 2.80. The highest BCUT2D eigenvalue weighted by Crippen LogP contribution is 2.23. The fourth-order valence-corrected chi connectivity index (χ4v) is 2.00. The first kappa shape index (κ1) is 9.46. The van der Waals surface area contributed by atoms with E-state index in [1.165, 1.54) is 6.42 Å². The van der Waals surface area contributed by atoms with E-state index in [4.69, 9.17) is 5.11 Å². The van der Waals surface area contributed by atoms with Gasteiger partial charge >= 0.3 is 0 Å². The first-order valence-corrected chi connectivity index (χ1v) is 5.17. The number of hydrogen-bond acceptors (Lipinski definition) is 3. The summed E-state index contributed by atoms with van der Waals surface area (Å²) in [5, 5.41) is 8.85. The van der Waals surface area contributed by atoms with Crippen LogP contribution in [0.4, 0.5) is 5.82 Å². The summed E-state index contributed by atoms with van der Waals surface area (Å²) in [5.74, 6) is 1.70. The normalized spacial score (nSPS) is 21.5. The van der Waals surface area contributed by atoms with Crippen LogP contribution in [0, 0.1) is 5.92 Å². The van der Waals surface area contributed by atoms with Crippen LogP contribution in [0.2, 0.25) is 0 Å². The number of nitrogens with zero attached hydrogens (tertiary/aromatic N) is 2. The van der Waals surface area contributed by atoms with Gasteiger partial charge in [0.25, 0.3) is 0 Å². The molecule has 1 N–H and O–H groups in total. The second kappa shape index (κ2) is 4.42. The summed E-state index contributed by atoms with van der Waals surface area (Å²) < 4.78 is 0. The van der Waals surface area contributed by atoms with Gasteiger partial charge in [-0.05, 0) is 30.9 Å². The summed E-state index contributed by atoms with van der Waals surface area (Å²) in [6.07, 6.45) is 3.93. The summed E-state index contributed by atoms with van der Waals surface area (Å²) in [5.41, 5.74) is 0. The van der Waals surface area contributed by atoms with Crippen LogP contribution in [-0.4, -0.2) is 29.8 Å². The Labute approximate surface area is 84.4 Å². The molecule has 0 spiro atoms. The van der Waals surface area contributed by atoms with Crippen LogP contribution in [0.1, 0.15) is 12.8 Å². The molecule has 0 bridgehead atoms. The molecule has 3 heteroatoms. The molecular formula is C11H16N2O. The molecule has 0 radical (unpaired) electrons. The molecule has 1 aromatic rings. The fourth-order valence-electron chi connectivity index (χ4n) is 2.00. The quantitative estimate of drug-likeness (QED) is 0.784. The minimum atomic E-state index is 0.306. The zero-order valence-corrected chi connectivity index (χ0v) is 8.26. The molecule has 1 aliphatic heterocycles. The number of aliphatic hydroxyl groups is 1. The van der Waals surface area contributed by atoms with Crippen molar-refractivity contribution in [3.8, 4) is 0 Å². The molecule has 0 saturated carbocycles. The molecule has 3 nitrogen and oxygen atoms in total. The van der Waals surface area contributed by atoms with E-state index in [1.54, 1.807) is 0 Å². The lowest BCUT2D eigenvalue weighted by atomic mass is 10.1. The van der Waals surface area contributed by atoms with E-state index in [0.717, 1.165) is 25.3 Å². The van der Waals surface area contributed by atoms with Crippen LogP contribution in [0.15, 0.2) is 24.4 Å². The lowest BCUT2D eigenvalue weighted by Gasteiger charge is -2.16. The Hall–Kier alpha value is -1.09. The summed E-state index contributed by atoms with van der Waals surface area (Å²) in [7, 11) is 0. The number of aromatic nitrogens is 1. The van der Waals surface area contributed by atoms with Gasteiger partial charge in [-0.3, -0.25) is 0 Å². The Balaban J connectivity index is 1.96. The van der Waals surface area contributed by atoms with Gasteiger partial charge in [0, 0.05) is 25.9 Å². The van der Waals surface area contributed by atoms with Crippen LogP contribution in [0.25, 0.3) is 0 Å². The summed E-state index contributed by atoms with van der Waals surface area (Å²) in [6, 6.07) is 5.99. The predicted molar refractivity (Wildman–Crippen MR) is 56.3 cm³/mol. The zero-order chi connectivity index (χ0) is 9.80. The van der Waals surface area contributed by atoms with E-state index in [0.29, 0.717) is 12.5 Å². The number of rotatable bonds is 3. The molecule has 76 valence electrons. The molecule has 0 aromatic carbocycles. The van der Waals surface area contributed by atoms with E-state index in [-0.39, 0.29) is 0 Å². The molecular weight excluding hydrogens is 176 g/mol. The molecule has 0 unspecified atom stereocenters. The Morgan fingerprint density at radius 2 is 2.43 bits per heavy atom. The van der Waals surface area contributed by atoms with Gasteiger partial charge in [0.05, 0.1) is 0 Å². The minimum absolute atomic E-state index is 0.306.